The summed E-state index contributed by atoms with van der Waals surface area (Å²) in [6.07, 6.45) is 5.29. The second-order valence-electron chi connectivity index (χ2n) is 16.7. The quantitative estimate of drug-likeness (QED) is 0.0679. The molecule has 0 bridgehead atoms. The highest BCUT2D eigenvalue weighted by atomic mass is 32.2. The van der Waals surface area contributed by atoms with E-state index in [1.807, 2.05) is 59.7 Å². The molecule has 2 fully saturated rings. The molecule has 344 valence electrons. The molecule has 1 saturated heterocycles. The van der Waals surface area contributed by atoms with E-state index in [-0.39, 0.29) is 35.1 Å². The fourth-order valence-electron chi connectivity index (χ4n) is 8.28. The Balaban J connectivity index is 0.661. The Hall–Kier alpha value is -6.48. The lowest BCUT2D eigenvalue weighted by Crippen LogP contribution is -2.39. The van der Waals surface area contributed by atoms with Crippen molar-refractivity contribution in [1.82, 2.24) is 34.9 Å². The van der Waals surface area contributed by atoms with Gasteiger partial charge in [-0.2, -0.15) is 5.10 Å². The van der Waals surface area contributed by atoms with Crippen LogP contribution in [0.25, 0.3) is 21.5 Å². The van der Waals surface area contributed by atoms with Gasteiger partial charge in [0.2, 0.25) is 11.8 Å². The highest BCUT2D eigenvalue weighted by Crippen LogP contribution is 2.52. The number of likely N-dealkylation sites (tertiary alicyclic amines) is 1. The second kappa shape index (κ2) is 18.7. The van der Waals surface area contributed by atoms with Gasteiger partial charge in [-0.1, -0.05) is 41.7 Å². The van der Waals surface area contributed by atoms with Crippen LogP contribution >= 0.6 is 34.6 Å². The first kappa shape index (κ1) is 44.4. The van der Waals surface area contributed by atoms with Crippen LogP contribution in [0.2, 0.25) is 0 Å². The largest absolute Gasteiger partial charge is 0.586 e. The average molecular weight is 963 g/mol. The van der Waals surface area contributed by atoms with E-state index in [1.165, 1.54) is 35.4 Å². The predicted molar refractivity (Wildman–Crippen MR) is 254 cm³/mol. The number of nitrogens with zero attached hydrogens (tertiary/aromatic N) is 6. The molecular weight excluding hydrogens is 919 g/mol. The van der Waals surface area contributed by atoms with Crippen LogP contribution in [0.4, 0.5) is 25.5 Å². The third-order valence-corrected chi connectivity index (χ3v) is 14.9. The van der Waals surface area contributed by atoms with E-state index in [0.717, 1.165) is 70.3 Å². The van der Waals surface area contributed by atoms with Crippen molar-refractivity contribution in [2.24, 2.45) is 5.92 Å². The number of ether oxygens (including phenoxy) is 2. The molecule has 15 nitrogen and oxygen atoms in total. The van der Waals surface area contributed by atoms with Gasteiger partial charge in [0.15, 0.2) is 16.6 Å². The van der Waals surface area contributed by atoms with Crippen molar-refractivity contribution in [3.05, 3.63) is 119 Å². The van der Waals surface area contributed by atoms with Gasteiger partial charge in [-0.25, -0.2) is 15.0 Å². The Morgan fingerprint density at radius 2 is 1.76 bits per heavy atom. The fourth-order valence-corrected chi connectivity index (χ4v) is 10.5. The number of piperidine rings is 1. The maximum Gasteiger partial charge on any atom is 0.586 e. The molecule has 0 spiro atoms. The van der Waals surface area contributed by atoms with Crippen LogP contribution in [0.5, 0.6) is 11.5 Å². The molecule has 4 N–H and O–H groups in total. The number of anilines is 3. The summed E-state index contributed by atoms with van der Waals surface area (Å²) in [4.78, 5) is 56.3. The Labute approximate surface area is 395 Å². The van der Waals surface area contributed by atoms with Crippen LogP contribution in [0.3, 0.4) is 0 Å². The number of halogens is 2. The molecule has 5 aromatic heterocycles. The SMILES string of the molecule is Cc1ccc(NC(=O)C2(c3ccc4c(c3)OC(F)(F)O4)CC2)nc1-c1cccc(C(=O)NCCn2cc(CCN3CCC(C(=O)Nc4nc5cnc(NSc6cccs6)cc5s4)CC3)cn2)c1. The van der Waals surface area contributed by atoms with Gasteiger partial charge in [0.25, 0.3) is 5.91 Å². The molecular formula is C47H44F2N10O5S3. The zero-order valence-corrected chi connectivity index (χ0v) is 38.5. The fraction of sp³-hybridized carbons (Fsp3) is 0.298. The number of thiophene rings is 1. The van der Waals surface area contributed by atoms with Crippen LogP contribution in [-0.4, -0.2) is 79.8 Å². The minimum absolute atomic E-state index is 0.00413. The number of benzene rings is 2. The van der Waals surface area contributed by atoms with Gasteiger partial charge in [0.05, 0.1) is 39.0 Å². The molecule has 20 heteroatoms. The number of hydrogen-bond acceptors (Lipinski definition) is 14. The van der Waals surface area contributed by atoms with Crippen molar-refractivity contribution in [3.63, 3.8) is 0 Å². The zero-order chi connectivity index (χ0) is 46.1. The molecule has 0 unspecified atom stereocenters. The Bertz CT molecular complexity index is 2970. The number of hydrogen-bond donors (Lipinski definition) is 4. The number of amides is 3. The molecule has 10 rings (SSSR count). The minimum Gasteiger partial charge on any atom is -0.395 e. The summed E-state index contributed by atoms with van der Waals surface area (Å²) in [5.41, 5.74) is 4.13. The number of nitrogens with one attached hydrogen (secondary N) is 4. The van der Waals surface area contributed by atoms with E-state index < -0.39 is 11.7 Å². The Morgan fingerprint density at radius 3 is 2.58 bits per heavy atom. The number of rotatable bonds is 16. The molecule has 3 amide bonds. The van der Waals surface area contributed by atoms with Crippen molar-refractivity contribution in [2.75, 3.05) is 41.5 Å². The first-order chi connectivity index (χ1) is 32.4. The third-order valence-electron chi connectivity index (χ3n) is 12.1. The van der Waals surface area contributed by atoms with Gasteiger partial charge in [-0.3, -0.25) is 19.1 Å². The molecule has 2 aromatic carbocycles. The highest BCUT2D eigenvalue weighted by Gasteiger charge is 2.53. The van der Waals surface area contributed by atoms with Gasteiger partial charge < -0.3 is 35.0 Å². The number of alkyl halides is 2. The Kier molecular flexibility index (Phi) is 12.4. The number of pyridine rings is 2. The summed E-state index contributed by atoms with van der Waals surface area (Å²) in [6.45, 7) is 5.28. The number of fused-ring (bicyclic) bond motifs is 2. The topological polar surface area (TPSA) is 178 Å². The van der Waals surface area contributed by atoms with Crippen molar-refractivity contribution < 1.29 is 32.6 Å². The molecule has 2 aliphatic heterocycles. The molecule has 1 saturated carbocycles. The number of aromatic nitrogens is 5. The van der Waals surface area contributed by atoms with Crippen molar-refractivity contribution in [1.29, 1.82) is 0 Å². The van der Waals surface area contributed by atoms with Gasteiger partial charge in [0, 0.05) is 42.4 Å². The lowest BCUT2D eigenvalue weighted by Gasteiger charge is -2.30. The van der Waals surface area contributed by atoms with Crippen molar-refractivity contribution >= 4 is 79.3 Å². The van der Waals surface area contributed by atoms with Crippen molar-refractivity contribution in [3.8, 4) is 22.8 Å². The summed E-state index contributed by atoms with van der Waals surface area (Å²) >= 11 is 4.62. The van der Waals surface area contributed by atoms with Crippen LogP contribution in [0, 0.1) is 12.8 Å². The normalized spacial score (nSPS) is 16.2. The van der Waals surface area contributed by atoms with Gasteiger partial charge >= 0.3 is 6.29 Å². The maximum atomic E-state index is 13.6. The first-order valence-corrected chi connectivity index (χ1v) is 24.3. The lowest BCUT2D eigenvalue weighted by molar-refractivity contribution is -0.286. The maximum absolute atomic E-state index is 13.6. The van der Waals surface area contributed by atoms with Crippen LogP contribution in [-0.2, 0) is 28.0 Å². The summed E-state index contributed by atoms with van der Waals surface area (Å²) in [6, 6.07) is 21.1. The summed E-state index contributed by atoms with van der Waals surface area (Å²) in [5.74, 6) is 0.272. The summed E-state index contributed by atoms with van der Waals surface area (Å²) in [7, 11) is 0. The monoisotopic (exact) mass is 962 g/mol. The van der Waals surface area contributed by atoms with Crippen molar-refractivity contribution in [2.45, 2.75) is 61.5 Å². The molecule has 3 aliphatic rings. The molecule has 7 heterocycles. The summed E-state index contributed by atoms with van der Waals surface area (Å²) < 4.78 is 43.6. The Morgan fingerprint density at radius 1 is 0.910 bits per heavy atom. The van der Waals surface area contributed by atoms with Crippen LogP contribution in [0.1, 0.15) is 52.7 Å². The van der Waals surface area contributed by atoms with E-state index in [4.69, 9.17) is 4.98 Å². The van der Waals surface area contributed by atoms with Crippen LogP contribution in [0.15, 0.2) is 101 Å². The van der Waals surface area contributed by atoms with E-state index in [1.54, 1.807) is 47.9 Å². The lowest BCUT2D eigenvalue weighted by atomic mass is 9.94. The van der Waals surface area contributed by atoms with Crippen LogP contribution < -0.4 is 30.1 Å². The van der Waals surface area contributed by atoms with E-state index in [9.17, 15) is 23.2 Å². The molecule has 67 heavy (non-hydrogen) atoms. The molecule has 0 atom stereocenters. The average Bonchev–Trinajstić information content (AvgIpc) is 3.66. The number of carbonyl (C=O) groups excluding carboxylic acids is 3. The van der Waals surface area contributed by atoms with Gasteiger partial charge in [-0.05, 0) is 123 Å². The minimum atomic E-state index is -3.74. The predicted octanol–water partition coefficient (Wildman–Crippen LogP) is 8.75. The van der Waals surface area contributed by atoms with E-state index in [0.29, 0.717) is 59.3 Å². The zero-order valence-electron chi connectivity index (χ0n) is 36.1. The van der Waals surface area contributed by atoms with E-state index >= 15 is 0 Å². The second-order valence-corrected chi connectivity index (χ2v) is 19.8. The summed E-state index contributed by atoms with van der Waals surface area (Å²) in [5, 5.41) is 16.1. The van der Waals surface area contributed by atoms with Gasteiger partial charge in [-0.15, -0.1) is 20.1 Å². The molecule has 0 radical (unpaired) electrons. The molecule has 7 aromatic rings. The first-order valence-electron chi connectivity index (χ1n) is 21.8. The number of carbonyl (C=O) groups is 3. The number of aryl methyl sites for hydroxylation is 1. The number of thiazole rings is 1. The standard InChI is InChI=1S/C47H44F2N10O5S3/c1-28-7-10-38(55-44(62)46(14-15-46)33-8-9-35-36(23-33)64-47(48,49)63-35)54-41(28)31-4-2-5-32(22-31)42(60)50-16-20-59-27-29(25-52-59)11-17-58-18-12-30(13-19-58)43(61)56-45-53-34-26-51-39(24-37(34)66-45)57-67-40-6-3-21-65-40/h2-10,21-27,30H,11-20H2,1H3,(H,50,60)(H,51,57)(H,53,56,61)(H,54,55,62). The highest BCUT2D eigenvalue weighted by molar-refractivity contribution is 8.02. The third kappa shape index (κ3) is 10.1. The molecule has 1 aliphatic carbocycles. The smallest absolute Gasteiger partial charge is 0.395 e. The van der Waals surface area contributed by atoms with Gasteiger partial charge in [0.1, 0.15) is 17.2 Å². The van der Waals surface area contributed by atoms with E-state index in [2.05, 4.69) is 50.1 Å².